The SMILES string of the molecule is Cc1cnc(C(C)NC(=O)C(N)c2cnn(C)c2)s1. The summed E-state index contributed by atoms with van der Waals surface area (Å²) in [5, 5.41) is 7.75. The van der Waals surface area contributed by atoms with E-state index in [0.717, 1.165) is 9.88 Å². The van der Waals surface area contributed by atoms with Crippen molar-refractivity contribution in [2.24, 2.45) is 12.8 Å². The van der Waals surface area contributed by atoms with Crippen LogP contribution in [0.1, 0.15) is 34.5 Å². The summed E-state index contributed by atoms with van der Waals surface area (Å²) in [6, 6.07) is -0.855. The molecule has 1 amide bonds. The van der Waals surface area contributed by atoms with E-state index in [-0.39, 0.29) is 11.9 Å². The first kappa shape index (κ1) is 13.7. The first-order chi connectivity index (χ1) is 8.97. The Morgan fingerprint density at radius 1 is 1.53 bits per heavy atom. The summed E-state index contributed by atoms with van der Waals surface area (Å²) >= 11 is 1.57. The highest BCUT2D eigenvalue weighted by atomic mass is 32.1. The molecule has 0 aliphatic heterocycles. The Kier molecular flexibility index (Phi) is 3.96. The average Bonchev–Trinajstić information content (AvgIpc) is 2.97. The lowest BCUT2D eigenvalue weighted by Gasteiger charge is -2.14. The maximum atomic E-state index is 12.0. The molecule has 0 saturated carbocycles. The number of amides is 1. The van der Waals surface area contributed by atoms with E-state index in [1.807, 2.05) is 13.8 Å². The van der Waals surface area contributed by atoms with Gasteiger partial charge in [0, 0.05) is 29.9 Å². The highest BCUT2D eigenvalue weighted by Crippen LogP contribution is 2.19. The number of nitrogens with one attached hydrogen (secondary N) is 1. The molecule has 0 saturated heterocycles. The molecule has 0 fully saturated rings. The fraction of sp³-hybridized carbons (Fsp3) is 0.417. The average molecular weight is 279 g/mol. The van der Waals surface area contributed by atoms with E-state index in [9.17, 15) is 4.79 Å². The molecule has 2 atom stereocenters. The number of nitrogens with zero attached hydrogens (tertiary/aromatic N) is 3. The summed E-state index contributed by atoms with van der Waals surface area (Å²) in [6.07, 6.45) is 5.13. The summed E-state index contributed by atoms with van der Waals surface area (Å²) < 4.78 is 1.62. The maximum absolute atomic E-state index is 12.0. The van der Waals surface area contributed by atoms with Crippen molar-refractivity contribution in [3.05, 3.63) is 34.0 Å². The molecule has 0 spiro atoms. The third-order valence-corrected chi connectivity index (χ3v) is 3.83. The highest BCUT2D eigenvalue weighted by Gasteiger charge is 2.20. The van der Waals surface area contributed by atoms with Gasteiger partial charge in [-0.15, -0.1) is 11.3 Å². The summed E-state index contributed by atoms with van der Waals surface area (Å²) in [4.78, 5) is 17.4. The van der Waals surface area contributed by atoms with Crippen LogP contribution in [-0.4, -0.2) is 20.7 Å². The van der Waals surface area contributed by atoms with Gasteiger partial charge in [0.15, 0.2) is 0 Å². The monoisotopic (exact) mass is 279 g/mol. The van der Waals surface area contributed by atoms with Crippen molar-refractivity contribution in [2.75, 3.05) is 0 Å². The fourth-order valence-corrected chi connectivity index (χ4v) is 2.47. The minimum Gasteiger partial charge on any atom is -0.345 e. The molecule has 0 aromatic carbocycles. The number of hydrogen-bond donors (Lipinski definition) is 2. The third-order valence-electron chi connectivity index (χ3n) is 2.73. The van der Waals surface area contributed by atoms with Gasteiger partial charge < -0.3 is 11.1 Å². The molecule has 7 heteroatoms. The Morgan fingerprint density at radius 2 is 2.26 bits per heavy atom. The van der Waals surface area contributed by atoms with Crippen LogP contribution in [0.25, 0.3) is 0 Å². The predicted molar refractivity (Wildman–Crippen MR) is 73.5 cm³/mol. The molecule has 2 heterocycles. The Balaban J connectivity index is 2.01. The number of hydrogen-bond acceptors (Lipinski definition) is 5. The van der Waals surface area contributed by atoms with Gasteiger partial charge in [-0.3, -0.25) is 9.48 Å². The molecule has 102 valence electrons. The Morgan fingerprint density at radius 3 is 2.79 bits per heavy atom. The molecule has 2 aromatic rings. The quantitative estimate of drug-likeness (QED) is 0.876. The minimum absolute atomic E-state index is 0.145. The van der Waals surface area contributed by atoms with E-state index < -0.39 is 6.04 Å². The molecule has 0 radical (unpaired) electrons. The van der Waals surface area contributed by atoms with E-state index in [2.05, 4.69) is 15.4 Å². The molecular weight excluding hydrogens is 262 g/mol. The van der Waals surface area contributed by atoms with E-state index in [1.54, 1.807) is 41.7 Å². The molecule has 2 unspecified atom stereocenters. The van der Waals surface area contributed by atoms with Crippen molar-refractivity contribution >= 4 is 17.2 Å². The number of nitrogens with two attached hydrogens (primary N) is 1. The first-order valence-corrected chi connectivity index (χ1v) is 6.76. The van der Waals surface area contributed by atoms with E-state index in [0.29, 0.717) is 5.56 Å². The zero-order chi connectivity index (χ0) is 14.0. The van der Waals surface area contributed by atoms with Crippen LogP contribution in [0.4, 0.5) is 0 Å². The van der Waals surface area contributed by atoms with Crippen LogP contribution in [0.2, 0.25) is 0 Å². The number of rotatable bonds is 4. The molecule has 3 N–H and O–H groups in total. The lowest BCUT2D eigenvalue weighted by Crippen LogP contribution is -2.35. The summed E-state index contributed by atoms with van der Waals surface area (Å²) in [5.41, 5.74) is 6.60. The van der Waals surface area contributed by atoms with Crippen molar-refractivity contribution < 1.29 is 4.79 Å². The van der Waals surface area contributed by atoms with Gasteiger partial charge in [0.1, 0.15) is 11.0 Å². The van der Waals surface area contributed by atoms with Gasteiger partial charge in [-0.2, -0.15) is 5.10 Å². The Bertz CT molecular complexity index is 576. The zero-order valence-electron chi connectivity index (χ0n) is 11.1. The summed E-state index contributed by atoms with van der Waals surface area (Å²) in [5.74, 6) is -0.228. The lowest BCUT2D eigenvalue weighted by atomic mass is 10.1. The van der Waals surface area contributed by atoms with Crippen molar-refractivity contribution in [1.82, 2.24) is 20.1 Å². The normalized spacial score (nSPS) is 14.1. The smallest absolute Gasteiger partial charge is 0.242 e. The minimum atomic E-state index is -0.711. The van der Waals surface area contributed by atoms with Crippen LogP contribution < -0.4 is 11.1 Å². The number of carbonyl (C=O) groups is 1. The van der Waals surface area contributed by atoms with Crippen LogP contribution in [0.3, 0.4) is 0 Å². The standard InChI is InChI=1S/C12H17N5OS/c1-7-4-14-12(19-7)8(2)16-11(18)10(13)9-5-15-17(3)6-9/h4-6,8,10H,13H2,1-3H3,(H,16,18). The van der Waals surface area contributed by atoms with Gasteiger partial charge in [-0.1, -0.05) is 0 Å². The molecule has 2 aromatic heterocycles. The van der Waals surface area contributed by atoms with Gasteiger partial charge in [0.2, 0.25) is 5.91 Å². The van der Waals surface area contributed by atoms with Crippen LogP contribution >= 0.6 is 11.3 Å². The predicted octanol–water partition coefficient (Wildman–Crippen LogP) is 1.06. The molecule has 19 heavy (non-hydrogen) atoms. The van der Waals surface area contributed by atoms with Crippen LogP contribution in [0.15, 0.2) is 18.6 Å². The summed E-state index contributed by atoms with van der Waals surface area (Å²) in [6.45, 7) is 3.88. The second-order valence-electron chi connectivity index (χ2n) is 4.46. The molecule has 0 aliphatic carbocycles. The number of carbonyl (C=O) groups excluding carboxylic acids is 1. The van der Waals surface area contributed by atoms with Crippen LogP contribution in [0.5, 0.6) is 0 Å². The fourth-order valence-electron chi connectivity index (χ4n) is 1.69. The lowest BCUT2D eigenvalue weighted by molar-refractivity contribution is -0.123. The van der Waals surface area contributed by atoms with Gasteiger partial charge in [0.05, 0.1) is 12.2 Å². The van der Waals surface area contributed by atoms with Crippen molar-refractivity contribution in [2.45, 2.75) is 25.9 Å². The van der Waals surface area contributed by atoms with E-state index >= 15 is 0 Å². The first-order valence-electron chi connectivity index (χ1n) is 5.94. The molecule has 6 nitrogen and oxygen atoms in total. The number of aromatic nitrogens is 3. The van der Waals surface area contributed by atoms with Gasteiger partial charge in [0.25, 0.3) is 0 Å². The van der Waals surface area contributed by atoms with Gasteiger partial charge in [-0.25, -0.2) is 4.98 Å². The van der Waals surface area contributed by atoms with Crippen molar-refractivity contribution in [3.8, 4) is 0 Å². The number of aryl methyl sites for hydroxylation is 2. The Labute approximate surface area is 115 Å². The molecule has 0 bridgehead atoms. The molecule has 0 aliphatic rings. The third kappa shape index (κ3) is 3.18. The second-order valence-corrected chi connectivity index (χ2v) is 5.73. The van der Waals surface area contributed by atoms with Gasteiger partial charge in [-0.05, 0) is 13.8 Å². The number of thiazole rings is 1. The van der Waals surface area contributed by atoms with E-state index in [1.165, 1.54) is 0 Å². The maximum Gasteiger partial charge on any atom is 0.242 e. The van der Waals surface area contributed by atoms with Crippen LogP contribution in [-0.2, 0) is 11.8 Å². The molecular formula is C12H17N5OS. The topological polar surface area (TPSA) is 85.8 Å². The van der Waals surface area contributed by atoms with Crippen molar-refractivity contribution in [3.63, 3.8) is 0 Å². The van der Waals surface area contributed by atoms with Gasteiger partial charge >= 0.3 is 0 Å². The van der Waals surface area contributed by atoms with Crippen LogP contribution in [0, 0.1) is 6.92 Å². The highest BCUT2D eigenvalue weighted by molar-refractivity contribution is 7.11. The second kappa shape index (κ2) is 5.50. The van der Waals surface area contributed by atoms with Crippen molar-refractivity contribution in [1.29, 1.82) is 0 Å². The zero-order valence-corrected chi connectivity index (χ0v) is 11.9. The Hall–Kier alpha value is -1.73. The largest absolute Gasteiger partial charge is 0.345 e. The summed E-state index contributed by atoms with van der Waals surface area (Å²) in [7, 11) is 1.79. The van der Waals surface area contributed by atoms with E-state index in [4.69, 9.17) is 5.73 Å². The molecule has 2 rings (SSSR count).